The van der Waals surface area contributed by atoms with Gasteiger partial charge in [0.25, 0.3) is 0 Å². The van der Waals surface area contributed by atoms with Crippen molar-refractivity contribution >= 4 is 0 Å². The van der Waals surface area contributed by atoms with Crippen molar-refractivity contribution in [2.24, 2.45) is 0 Å². The Morgan fingerprint density at radius 1 is 0.714 bits per heavy atom. The summed E-state index contributed by atoms with van der Waals surface area (Å²) in [6, 6.07) is 0. The molecular formula is C8H7F11O2. The van der Waals surface area contributed by atoms with Gasteiger partial charge in [-0.2, -0.15) is 35.1 Å². The van der Waals surface area contributed by atoms with Crippen molar-refractivity contribution in [1.29, 1.82) is 0 Å². The average Bonchev–Trinajstić information content (AvgIpc) is 2.18. The lowest BCUT2D eigenvalue weighted by atomic mass is 10.2. The SMILES string of the molecule is CC(F)(F)C(F)(F)COC(OCF)(C(F)(F)F)C(F)(F)F. The summed E-state index contributed by atoms with van der Waals surface area (Å²) >= 11 is 0. The van der Waals surface area contributed by atoms with E-state index in [1.54, 1.807) is 0 Å². The van der Waals surface area contributed by atoms with Gasteiger partial charge in [0, 0.05) is 6.92 Å². The Labute approximate surface area is 109 Å². The summed E-state index contributed by atoms with van der Waals surface area (Å²) in [5.74, 6) is -16.1. The topological polar surface area (TPSA) is 18.5 Å². The van der Waals surface area contributed by atoms with Gasteiger partial charge >= 0.3 is 30.0 Å². The van der Waals surface area contributed by atoms with E-state index in [9.17, 15) is 48.3 Å². The molecule has 0 aromatic rings. The molecule has 0 aliphatic heterocycles. The summed E-state index contributed by atoms with van der Waals surface area (Å²) in [7, 11) is 0. The Bertz CT molecular complexity index is 326. The number of halogens is 11. The van der Waals surface area contributed by atoms with Gasteiger partial charge in [-0.25, -0.2) is 13.2 Å². The number of ether oxygens (including phenoxy) is 2. The minimum absolute atomic E-state index is 0.449. The van der Waals surface area contributed by atoms with E-state index in [0.29, 0.717) is 0 Å². The van der Waals surface area contributed by atoms with Crippen LogP contribution in [0, 0.1) is 0 Å². The maximum Gasteiger partial charge on any atom is 0.453 e. The largest absolute Gasteiger partial charge is 0.453 e. The number of hydrogen-bond acceptors (Lipinski definition) is 2. The maximum atomic E-state index is 12.7. The predicted octanol–water partition coefficient (Wildman–Crippen LogP) is 4.06. The number of hydrogen-bond donors (Lipinski definition) is 0. The van der Waals surface area contributed by atoms with Gasteiger partial charge in [-0.15, -0.1) is 0 Å². The summed E-state index contributed by atoms with van der Waals surface area (Å²) in [5, 5.41) is 0. The molecule has 0 rings (SSSR count). The quantitative estimate of drug-likeness (QED) is 0.535. The van der Waals surface area contributed by atoms with Gasteiger partial charge in [0.2, 0.25) is 0 Å². The van der Waals surface area contributed by atoms with Gasteiger partial charge in [0.1, 0.15) is 6.61 Å². The van der Waals surface area contributed by atoms with Crippen LogP contribution in [0.5, 0.6) is 0 Å². The summed E-state index contributed by atoms with van der Waals surface area (Å²) in [5.41, 5.74) is 0. The zero-order valence-electron chi connectivity index (χ0n) is 9.89. The third-order valence-corrected chi connectivity index (χ3v) is 2.10. The normalized spacial score (nSPS) is 15.4. The van der Waals surface area contributed by atoms with Gasteiger partial charge in [-0.1, -0.05) is 0 Å². The van der Waals surface area contributed by atoms with Crippen LogP contribution in [0.3, 0.4) is 0 Å². The van der Waals surface area contributed by atoms with E-state index in [1.807, 2.05) is 0 Å². The fourth-order valence-corrected chi connectivity index (χ4v) is 0.926. The zero-order chi connectivity index (χ0) is 17.3. The van der Waals surface area contributed by atoms with Crippen LogP contribution in [-0.4, -0.2) is 43.5 Å². The molecule has 0 saturated carbocycles. The number of alkyl halides is 11. The van der Waals surface area contributed by atoms with Crippen LogP contribution in [0.1, 0.15) is 6.92 Å². The second kappa shape index (κ2) is 5.74. The van der Waals surface area contributed by atoms with Gasteiger partial charge in [-0.05, 0) is 0 Å². The molecule has 0 saturated heterocycles. The minimum atomic E-state index is -6.55. The molecule has 0 radical (unpaired) electrons. The summed E-state index contributed by atoms with van der Waals surface area (Å²) < 4.78 is 142. The van der Waals surface area contributed by atoms with E-state index in [2.05, 4.69) is 9.47 Å². The fraction of sp³-hybridized carbons (Fsp3) is 1.00. The van der Waals surface area contributed by atoms with Gasteiger partial charge in [0.05, 0.1) is 0 Å². The van der Waals surface area contributed by atoms with Gasteiger partial charge in [-0.3, -0.25) is 0 Å². The van der Waals surface area contributed by atoms with Gasteiger partial charge in [0.15, 0.2) is 6.86 Å². The molecule has 0 heterocycles. The van der Waals surface area contributed by atoms with E-state index < -0.39 is 50.4 Å². The molecule has 0 aliphatic carbocycles. The molecule has 21 heavy (non-hydrogen) atoms. The highest BCUT2D eigenvalue weighted by Gasteiger charge is 2.75. The molecule has 0 unspecified atom stereocenters. The first-order valence-corrected chi connectivity index (χ1v) is 4.75. The second-order valence-corrected chi connectivity index (χ2v) is 3.75. The van der Waals surface area contributed by atoms with Crippen LogP contribution in [0.15, 0.2) is 0 Å². The Morgan fingerprint density at radius 3 is 1.33 bits per heavy atom. The maximum absolute atomic E-state index is 12.7. The Morgan fingerprint density at radius 2 is 1.10 bits per heavy atom. The van der Waals surface area contributed by atoms with Crippen molar-refractivity contribution in [2.45, 2.75) is 36.9 Å². The highest BCUT2D eigenvalue weighted by molar-refractivity contribution is 4.89. The van der Waals surface area contributed by atoms with E-state index in [0.717, 1.165) is 0 Å². The number of rotatable bonds is 6. The van der Waals surface area contributed by atoms with Crippen LogP contribution >= 0.6 is 0 Å². The molecule has 0 atom stereocenters. The average molecular weight is 344 g/mol. The van der Waals surface area contributed by atoms with Crippen LogP contribution < -0.4 is 0 Å². The van der Waals surface area contributed by atoms with Crippen molar-refractivity contribution in [1.82, 2.24) is 0 Å². The van der Waals surface area contributed by atoms with E-state index in [1.165, 1.54) is 0 Å². The Hall–Kier alpha value is -0.850. The van der Waals surface area contributed by atoms with Crippen molar-refractivity contribution in [2.75, 3.05) is 13.5 Å². The molecule has 0 aromatic heterocycles. The van der Waals surface area contributed by atoms with Crippen molar-refractivity contribution in [3.63, 3.8) is 0 Å². The standard InChI is InChI=1S/C8H7F11O2/c1-4(10,11)5(12,13)2-20-6(21-3-9,7(14,15)16)8(17,18)19/h2-3H2,1H3. The first-order chi connectivity index (χ1) is 9.02. The highest BCUT2D eigenvalue weighted by atomic mass is 19.4. The lowest BCUT2D eigenvalue weighted by Gasteiger charge is -2.36. The van der Waals surface area contributed by atoms with Crippen LogP contribution in [0.25, 0.3) is 0 Å². The monoisotopic (exact) mass is 344 g/mol. The molecule has 0 aromatic carbocycles. The van der Waals surface area contributed by atoms with E-state index in [4.69, 9.17) is 0 Å². The smallest absolute Gasteiger partial charge is 0.329 e. The summed E-state index contributed by atoms with van der Waals surface area (Å²) in [4.78, 5) is 0. The predicted molar refractivity (Wildman–Crippen MR) is 43.4 cm³/mol. The molecule has 13 heteroatoms. The molecule has 0 amide bonds. The van der Waals surface area contributed by atoms with Gasteiger partial charge < -0.3 is 9.47 Å². The fourth-order valence-electron chi connectivity index (χ4n) is 0.926. The first-order valence-electron chi connectivity index (χ1n) is 4.75. The molecule has 0 fully saturated rings. The zero-order valence-corrected chi connectivity index (χ0v) is 9.89. The molecule has 0 N–H and O–H groups in total. The van der Waals surface area contributed by atoms with Crippen LogP contribution in [0.2, 0.25) is 0 Å². The first kappa shape index (κ1) is 20.1. The molecule has 0 bridgehead atoms. The lowest BCUT2D eigenvalue weighted by Crippen LogP contribution is -2.62. The van der Waals surface area contributed by atoms with Crippen LogP contribution in [0.4, 0.5) is 48.3 Å². The highest BCUT2D eigenvalue weighted by Crippen LogP contribution is 2.48. The molecule has 128 valence electrons. The minimum Gasteiger partial charge on any atom is -0.329 e. The third kappa shape index (κ3) is 4.08. The van der Waals surface area contributed by atoms with Crippen molar-refractivity contribution < 1.29 is 57.8 Å². The lowest BCUT2D eigenvalue weighted by molar-refractivity contribution is -0.480. The second-order valence-electron chi connectivity index (χ2n) is 3.75. The summed E-state index contributed by atoms with van der Waals surface area (Å²) in [6.45, 7) is -6.17. The molecular weight excluding hydrogens is 337 g/mol. The molecule has 0 spiro atoms. The van der Waals surface area contributed by atoms with Crippen molar-refractivity contribution in [3.8, 4) is 0 Å². The Balaban J connectivity index is 5.56. The third-order valence-electron chi connectivity index (χ3n) is 2.10. The Kier molecular flexibility index (Phi) is 5.51. The summed E-state index contributed by atoms with van der Waals surface area (Å²) in [6.07, 6.45) is -13.1. The van der Waals surface area contributed by atoms with E-state index >= 15 is 0 Å². The van der Waals surface area contributed by atoms with Crippen molar-refractivity contribution in [3.05, 3.63) is 0 Å². The molecule has 0 aliphatic rings. The van der Waals surface area contributed by atoms with E-state index in [-0.39, 0.29) is 0 Å². The molecule has 2 nitrogen and oxygen atoms in total. The van der Waals surface area contributed by atoms with Crippen LogP contribution in [-0.2, 0) is 9.47 Å².